The van der Waals surface area contributed by atoms with Crippen molar-refractivity contribution in [3.8, 4) is 0 Å². The Kier molecular flexibility index (Phi) is 19.1. The maximum atomic E-state index is 12.5. The summed E-state index contributed by atoms with van der Waals surface area (Å²) in [4.78, 5) is 86.2. The second kappa shape index (κ2) is 21.2. The Morgan fingerprint density at radius 3 is 1.98 bits per heavy atom. The summed E-state index contributed by atoms with van der Waals surface area (Å²) in [5, 5.41) is 10.4. The number of nitrogens with zero attached hydrogens (tertiary/aromatic N) is 1. The Balaban J connectivity index is 2.23. The Hall–Kier alpha value is -2.55. The van der Waals surface area contributed by atoms with Gasteiger partial charge in [0.2, 0.25) is 35.4 Å². The lowest BCUT2D eigenvalue weighted by molar-refractivity contribution is -0.138. The van der Waals surface area contributed by atoms with Crippen LogP contribution in [0, 0.1) is 0 Å². The second-order valence-electron chi connectivity index (χ2n) is 11.2. The molecule has 1 saturated heterocycles. The van der Waals surface area contributed by atoms with Crippen molar-refractivity contribution < 1.29 is 33.6 Å². The first-order valence-electron chi connectivity index (χ1n) is 15.3. The molecule has 1 heterocycles. The van der Waals surface area contributed by atoms with Crippen LogP contribution in [0.1, 0.15) is 92.4 Å². The summed E-state index contributed by atoms with van der Waals surface area (Å²) < 4.78 is 0. The molecule has 1 aliphatic heterocycles. The van der Waals surface area contributed by atoms with E-state index in [9.17, 15) is 33.6 Å². The zero-order valence-corrected chi connectivity index (χ0v) is 28.2. The predicted molar refractivity (Wildman–Crippen MR) is 174 cm³/mol. The molecule has 44 heavy (non-hydrogen) atoms. The molecular formula is C29H48BN5O7S2. The number of thioether (sulfide) groups is 2. The lowest BCUT2D eigenvalue weighted by Gasteiger charge is -2.20. The Labute approximate surface area is 270 Å². The monoisotopic (exact) mass is 653 g/mol. The fraction of sp³-hybridized carbons (Fsp3) is 0.759. The minimum Gasteiger partial charge on any atom is -0.345 e. The number of hydrogen-bond acceptors (Lipinski definition) is 9. The fourth-order valence-corrected chi connectivity index (χ4v) is 6.21. The highest BCUT2D eigenvalue weighted by atomic mass is 32.2. The van der Waals surface area contributed by atoms with Gasteiger partial charge in [0.25, 0.3) is 0 Å². The van der Waals surface area contributed by atoms with Crippen molar-refractivity contribution in [3.05, 3.63) is 0 Å². The van der Waals surface area contributed by atoms with Gasteiger partial charge in [-0.1, -0.05) is 26.7 Å². The molecule has 0 spiro atoms. The highest BCUT2D eigenvalue weighted by molar-refractivity contribution is 8.01. The zero-order chi connectivity index (χ0) is 33.2. The van der Waals surface area contributed by atoms with Crippen molar-refractivity contribution in [1.29, 1.82) is 0 Å². The number of amides is 6. The van der Waals surface area contributed by atoms with E-state index in [0.29, 0.717) is 38.1 Å². The molecule has 0 saturated carbocycles. The first kappa shape index (κ1) is 39.5. The Morgan fingerprint density at radius 2 is 1.36 bits per heavy atom. The van der Waals surface area contributed by atoms with E-state index in [-0.39, 0.29) is 52.7 Å². The van der Waals surface area contributed by atoms with Crippen LogP contribution in [0.25, 0.3) is 0 Å². The minimum atomic E-state index is -0.929. The predicted octanol–water partition coefficient (Wildman–Crippen LogP) is 1.39. The molecule has 1 fully saturated rings. The summed E-state index contributed by atoms with van der Waals surface area (Å²) in [6.07, 6.45) is 5.11. The van der Waals surface area contributed by atoms with E-state index in [1.165, 1.54) is 42.3 Å². The van der Waals surface area contributed by atoms with E-state index in [4.69, 9.17) is 7.85 Å². The van der Waals surface area contributed by atoms with Crippen molar-refractivity contribution in [2.45, 2.75) is 121 Å². The van der Waals surface area contributed by atoms with E-state index in [1.807, 2.05) is 13.8 Å². The summed E-state index contributed by atoms with van der Waals surface area (Å²) >= 11 is 3.04. The number of rotatable bonds is 22. The van der Waals surface area contributed by atoms with Crippen LogP contribution in [0.15, 0.2) is 0 Å². The van der Waals surface area contributed by atoms with Gasteiger partial charge in [0, 0.05) is 19.4 Å². The van der Waals surface area contributed by atoms with E-state index >= 15 is 0 Å². The zero-order valence-electron chi connectivity index (χ0n) is 26.6. The van der Waals surface area contributed by atoms with E-state index in [2.05, 4.69) is 21.3 Å². The molecule has 0 aliphatic carbocycles. The molecule has 4 N–H and O–H groups in total. The van der Waals surface area contributed by atoms with Crippen LogP contribution in [0.5, 0.6) is 0 Å². The molecule has 12 nitrogen and oxygen atoms in total. The number of unbranched alkanes of at least 4 members (excludes halogenated alkanes) is 4. The third kappa shape index (κ3) is 16.0. The second-order valence-corrected chi connectivity index (χ2v) is 14.1. The quantitative estimate of drug-likeness (QED) is 0.0584. The van der Waals surface area contributed by atoms with Gasteiger partial charge >= 0.3 is 0 Å². The number of hydrogen-bond donors (Lipinski definition) is 4. The highest BCUT2D eigenvalue weighted by Crippen LogP contribution is 2.28. The molecule has 0 aromatic carbocycles. The SMILES string of the molecule is [B]C(=O)CCCCCSCNC(=O)[C@H](C)NC(=O)[C@@H](C)NC(=O)[C@H](C)NC(=O)CCCCCN1C(=O)CC(SC(C)C)C1=O. The van der Waals surface area contributed by atoms with Crippen LogP contribution in [-0.4, -0.2) is 101 Å². The maximum absolute atomic E-state index is 12.5. The lowest BCUT2D eigenvalue weighted by atomic mass is 9.97. The third-order valence-corrected chi connectivity index (χ3v) is 8.93. The fourth-order valence-electron chi connectivity index (χ4n) is 4.27. The minimum absolute atomic E-state index is 0.135. The molecule has 2 radical (unpaired) electrons. The first-order valence-corrected chi connectivity index (χ1v) is 17.4. The van der Waals surface area contributed by atoms with E-state index < -0.39 is 29.9 Å². The van der Waals surface area contributed by atoms with Crippen molar-refractivity contribution in [3.63, 3.8) is 0 Å². The highest BCUT2D eigenvalue weighted by Gasteiger charge is 2.38. The number of carbonyl (C=O) groups excluding carboxylic acids is 7. The van der Waals surface area contributed by atoms with E-state index in [0.717, 1.165) is 25.0 Å². The molecule has 0 bridgehead atoms. The smallest absolute Gasteiger partial charge is 0.242 e. The van der Waals surface area contributed by atoms with Crippen LogP contribution in [-0.2, 0) is 33.6 Å². The lowest BCUT2D eigenvalue weighted by Crippen LogP contribution is -2.54. The number of likely N-dealkylation sites (tertiary alicyclic amines) is 1. The van der Waals surface area contributed by atoms with Gasteiger partial charge in [-0.3, -0.25) is 33.7 Å². The average Bonchev–Trinajstić information content (AvgIpc) is 3.20. The number of carbonyl (C=O) groups is 7. The van der Waals surface area contributed by atoms with Gasteiger partial charge in [-0.25, -0.2) is 0 Å². The van der Waals surface area contributed by atoms with Crippen LogP contribution < -0.4 is 21.3 Å². The summed E-state index contributed by atoms with van der Waals surface area (Å²) in [7, 11) is 5.10. The van der Waals surface area contributed by atoms with Crippen molar-refractivity contribution in [1.82, 2.24) is 26.2 Å². The molecule has 246 valence electrons. The molecule has 1 aliphatic rings. The molecule has 1 unspecified atom stereocenters. The standard InChI is InChI=1S/C29H48BN5O7S2/c1-18(2)44-22-16-25(38)35(29(22)42)14-10-6-9-13-24(37)32-20(4)27(40)34-21(5)28(41)33-19(3)26(39)31-17-43-15-11-7-8-12-23(30)36/h18-22H,6-17H2,1-5H3,(H,31,39)(H,32,37)(H,33,41)(H,34,40)/t19-,20-,21+,22?/m0/s1. The molecule has 0 aromatic heterocycles. The van der Waals surface area contributed by atoms with Gasteiger partial charge in [-0.05, 0) is 63.9 Å². The topological polar surface area (TPSA) is 171 Å². The summed E-state index contributed by atoms with van der Waals surface area (Å²) in [6.45, 7) is 8.87. The molecule has 4 atom stereocenters. The summed E-state index contributed by atoms with van der Waals surface area (Å²) in [6, 6.07) is -2.61. The average molecular weight is 654 g/mol. The largest absolute Gasteiger partial charge is 0.345 e. The summed E-state index contributed by atoms with van der Waals surface area (Å²) in [5.41, 5.74) is -0.307. The van der Waals surface area contributed by atoms with Crippen LogP contribution in [0.4, 0.5) is 0 Å². The normalized spacial score (nSPS) is 16.8. The molecule has 0 aromatic rings. The van der Waals surface area contributed by atoms with Gasteiger partial charge < -0.3 is 26.1 Å². The van der Waals surface area contributed by atoms with Gasteiger partial charge in [0.1, 0.15) is 18.1 Å². The number of imide groups is 1. The number of nitrogens with one attached hydrogen (secondary N) is 4. The van der Waals surface area contributed by atoms with Crippen LogP contribution >= 0.6 is 23.5 Å². The van der Waals surface area contributed by atoms with Crippen molar-refractivity contribution in [2.75, 3.05) is 18.2 Å². The van der Waals surface area contributed by atoms with Gasteiger partial charge in [0.05, 0.1) is 16.8 Å². The van der Waals surface area contributed by atoms with Gasteiger partial charge in [-0.2, -0.15) is 0 Å². The molecule has 1 rings (SSSR count). The van der Waals surface area contributed by atoms with Crippen LogP contribution in [0.2, 0.25) is 0 Å². The molecular weight excluding hydrogens is 605 g/mol. The van der Waals surface area contributed by atoms with Gasteiger partial charge in [0.15, 0.2) is 7.85 Å². The molecule has 15 heteroatoms. The Morgan fingerprint density at radius 1 is 0.795 bits per heavy atom. The third-order valence-electron chi connectivity index (χ3n) is 6.76. The maximum Gasteiger partial charge on any atom is 0.242 e. The van der Waals surface area contributed by atoms with Gasteiger partial charge in [-0.15, -0.1) is 23.5 Å². The summed E-state index contributed by atoms with van der Waals surface area (Å²) in [5.74, 6) is -0.831. The van der Waals surface area contributed by atoms with Crippen LogP contribution in [0.3, 0.4) is 0 Å². The van der Waals surface area contributed by atoms with Crippen molar-refractivity contribution >= 4 is 72.5 Å². The molecule has 6 amide bonds. The van der Waals surface area contributed by atoms with E-state index in [1.54, 1.807) is 6.92 Å². The first-order chi connectivity index (χ1) is 20.7. The Bertz CT molecular complexity index is 1020. The van der Waals surface area contributed by atoms with Crippen molar-refractivity contribution in [2.24, 2.45) is 0 Å².